The number of hydrogen-bond donors (Lipinski definition) is 3. The van der Waals surface area contributed by atoms with Crippen LogP contribution in [0, 0.1) is 6.92 Å². The zero-order valence-electron chi connectivity index (χ0n) is 19.4. The molecule has 3 aliphatic rings. The molecular formula is C28H28N2O5. The fourth-order valence-electron chi connectivity index (χ4n) is 5.19. The largest absolute Gasteiger partial charge is 0.481 e. The van der Waals surface area contributed by atoms with E-state index in [1.807, 2.05) is 55.5 Å². The molecule has 1 unspecified atom stereocenters. The van der Waals surface area contributed by atoms with E-state index in [0.717, 1.165) is 52.0 Å². The lowest BCUT2D eigenvalue weighted by molar-refractivity contribution is -0.137. The van der Waals surface area contributed by atoms with E-state index in [4.69, 9.17) is 9.47 Å². The van der Waals surface area contributed by atoms with Gasteiger partial charge in [-0.3, -0.25) is 9.59 Å². The first-order valence-corrected chi connectivity index (χ1v) is 11.9. The number of anilines is 2. The summed E-state index contributed by atoms with van der Waals surface area (Å²) in [6.45, 7) is 2.87. The Balaban J connectivity index is 0.00000267. The van der Waals surface area contributed by atoms with Crippen LogP contribution in [-0.2, 0) is 15.0 Å². The maximum Gasteiger partial charge on any atom is 0.304 e. The third-order valence-corrected chi connectivity index (χ3v) is 7.37. The van der Waals surface area contributed by atoms with Crippen molar-refractivity contribution in [2.75, 3.05) is 24.0 Å². The van der Waals surface area contributed by atoms with E-state index in [2.05, 4.69) is 16.7 Å². The fourth-order valence-corrected chi connectivity index (χ4v) is 5.19. The standard InChI is InChI=1S/C28H26N2O5.H2/c1-16-2-5-20(13-21(16)17-3-6-23-22(10-17)18(14-29-23)11-26(31)32)30-27(33)28(8-9-28)19-4-7-24-25(12-19)35-15-34-24;/h2-7,10,12-13,18,29H,8-9,11,14-15H2,1H3,(H,30,33)(H,31,32);1H. The molecule has 1 aliphatic carbocycles. The molecule has 3 N–H and O–H groups in total. The number of fused-ring (bicyclic) bond motifs is 2. The molecule has 3 aromatic carbocycles. The van der Waals surface area contributed by atoms with Gasteiger partial charge in [0.1, 0.15) is 0 Å². The number of aliphatic carboxylic acids is 1. The highest BCUT2D eigenvalue weighted by Gasteiger charge is 2.51. The van der Waals surface area contributed by atoms with Gasteiger partial charge >= 0.3 is 5.97 Å². The number of benzene rings is 3. The molecule has 2 heterocycles. The van der Waals surface area contributed by atoms with Gasteiger partial charge in [-0.2, -0.15) is 0 Å². The van der Waals surface area contributed by atoms with Crippen LogP contribution in [0.1, 0.15) is 43.3 Å². The molecule has 7 heteroatoms. The molecule has 2 aliphatic heterocycles. The van der Waals surface area contributed by atoms with E-state index >= 15 is 0 Å². The summed E-state index contributed by atoms with van der Waals surface area (Å²) in [5.74, 6) is 0.523. The van der Waals surface area contributed by atoms with Crippen LogP contribution in [0.15, 0.2) is 54.6 Å². The highest BCUT2D eigenvalue weighted by molar-refractivity contribution is 6.02. The van der Waals surface area contributed by atoms with Crippen molar-refractivity contribution in [1.82, 2.24) is 0 Å². The SMILES string of the molecule is Cc1ccc(NC(=O)C2(c3ccc4c(c3)OCO4)CC2)cc1-c1ccc2c(c1)C(CC(=O)O)CN2.[HH]. The molecule has 6 rings (SSSR count). The number of carbonyl (C=O) groups is 2. The molecule has 0 bridgehead atoms. The topological polar surface area (TPSA) is 96.9 Å². The summed E-state index contributed by atoms with van der Waals surface area (Å²) in [5, 5.41) is 15.7. The maximum atomic E-state index is 13.4. The number of carboxylic acids is 1. The monoisotopic (exact) mass is 472 g/mol. The molecule has 0 saturated heterocycles. The van der Waals surface area contributed by atoms with Crippen molar-refractivity contribution in [3.05, 3.63) is 71.3 Å². The Kier molecular flexibility index (Phi) is 4.95. The quantitative estimate of drug-likeness (QED) is 0.451. The number of ether oxygens (including phenoxy) is 2. The molecule has 1 atom stereocenters. The number of rotatable bonds is 6. The van der Waals surface area contributed by atoms with Crippen LogP contribution >= 0.6 is 0 Å². The zero-order valence-corrected chi connectivity index (χ0v) is 19.4. The van der Waals surface area contributed by atoms with Crippen LogP contribution in [0.3, 0.4) is 0 Å². The predicted octanol–water partition coefficient (Wildman–Crippen LogP) is 5.29. The van der Waals surface area contributed by atoms with E-state index in [1.165, 1.54) is 0 Å². The maximum absolute atomic E-state index is 13.4. The summed E-state index contributed by atoms with van der Waals surface area (Å²) in [6.07, 6.45) is 1.68. The van der Waals surface area contributed by atoms with E-state index in [1.54, 1.807) is 0 Å². The average molecular weight is 473 g/mol. The lowest BCUT2D eigenvalue weighted by Gasteiger charge is -2.18. The zero-order chi connectivity index (χ0) is 24.2. The normalized spacial score (nSPS) is 18.5. The lowest BCUT2D eigenvalue weighted by atomic mass is 9.92. The summed E-state index contributed by atoms with van der Waals surface area (Å²) in [5.41, 5.74) is 6.26. The lowest BCUT2D eigenvalue weighted by Crippen LogP contribution is -2.27. The number of nitrogens with one attached hydrogen (secondary N) is 2. The number of amides is 1. The summed E-state index contributed by atoms with van der Waals surface area (Å²) in [4.78, 5) is 24.7. The Hall–Kier alpha value is -4.00. The second-order valence-electron chi connectivity index (χ2n) is 9.61. The van der Waals surface area contributed by atoms with Gasteiger partial charge in [0, 0.05) is 25.3 Å². The Bertz CT molecular complexity index is 1370. The van der Waals surface area contributed by atoms with Crippen molar-refractivity contribution in [3.63, 3.8) is 0 Å². The number of carboxylic acid groups (broad SMARTS) is 1. The summed E-state index contributed by atoms with van der Waals surface area (Å²) >= 11 is 0. The molecule has 1 saturated carbocycles. The second-order valence-corrected chi connectivity index (χ2v) is 9.61. The van der Waals surface area contributed by atoms with Crippen LogP contribution < -0.4 is 20.1 Å². The minimum absolute atomic E-state index is 0. The van der Waals surface area contributed by atoms with E-state index in [0.29, 0.717) is 18.0 Å². The van der Waals surface area contributed by atoms with Crippen LogP contribution in [-0.4, -0.2) is 30.3 Å². The first kappa shape index (κ1) is 21.5. The van der Waals surface area contributed by atoms with Gasteiger partial charge < -0.3 is 25.2 Å². The van der Waals surface area contributed by atoms with E-state index in [-0.39, 0.29) is 26.5 Å². The van der Waals surface area contributed by atoms with Gasteiger partial charge in [-0.1, -0.05) is 18.2 Å². The Morgan fingerprint density at radius 2 is 1.91 bits per heavy atom. The summed E-state index contributed by atoms with van der Waals surface area (Å²) < 4.78 is 10.9. The first-order valence-electron chi connectivity index (χ1n) is 11.9. The third-order valence-electron chi connectivity index (χ3n) is 7.37. The Morgan fingerprint density at radius 1 is 1.09 bits per heavy atom. The van der Waals surface area contributed by atoms with Crippen molar-refractivity contribution in [2.45, 2.75) is 37.5 Å². The number of hydrogen-bond acceptors (Lipinski definition) is 5. The highest BCUT2D eigenvalue weighted by atomic mass is 16.7. The van der Waals surface area contributed by atoms with Crippen molar-refractivity contribution < 1.29 is 25.6 Å². The molecule has 7 nitrogen and oxygen atoms in total. The molecule has 0 spiro atoms. The van der Waals surface area contributed by atoms with Gasteiger partial charge in [-0.05, 0) is 84.0 Å². The highest BCUT2D eigenvalue weighted by Crippen LogP contribution is 2.51. The molecule has 35 heavy (non-hydrogen) atoms. The smallest absolute Gasteiger partial charge is 0.304 e. The third kappa shape index (κ3) is 3.77. The number of carbonyl (C=O) groups excluding carboxylic acids is 1. The second kappa shape index (κ2) is 8.05. The molecule has 3 aromatic rings. The van der Waals surface area contributed by atoms with Gasteiger partial charge in [-0.15, -0.1) is 0 Å². The van der Waals surface area contributed by atoms with E-state index in [9.17, 15) is 14.7 Å². The van der Waals surface area contributed by atoms with Crippen molar-refractivity contribution in [2.24, 2.45) is 0 Å². The van der Waals surface area contributed by atoms with Gasteiger partial charge in [0.05, 0.1) is 11.8 Å². The summed E-state index contributed by atoms with van der Waals surface area (Å²) in [6, 6.07) is 17.8. The van der Waals surface area contributed by atoms with Crippen LogP contribution in [0.25, 0.3) is 11.1 Å². The van der Waals surface area contributed by atoms with E-state index < -0.39 is 11.4 Å². The van der Waals surface area contributed by atoms with Crippen molar-refractivity contribution in [3.8, 4) is 22.6 Å². The Labute approximate surface area is 204 Å². The minimum Gasteiger partial charge on any atom is -0.481 e. The van der Waals surface area contributed by atoms with Gasteiger partial charge in [0.25, 0.3) is 0 Å². The average Bonchev–Trinajstić information content (AvgIpc) is 3.37. The Morgan fingerprint density at radius 3 is 2.71 bits per heavy atom. The molecule has 0 radical (unpaired) electrons. The van der Waals surface area contributed by atoms with Crippen molar-refractivity contribution >= 4 is 23.3 Å². The fraction of sp³-hybridized carbons (Fsp3) is 0.286. The van der Waals surface area contributed by atoms with Gasteiger partial charge in [0.15, 0.2) is 11.5 Å². The van der Waals surface area contributed by atoms with Crippen LogP contribution in [0.2, 0.25) is 0 Å². The summed E-state index contributed by atoms with van der Waals surface area (Å²) in [7, 11) is 0. The molecule has 180 valence electrons. The van der Waals surface area contributed by atoms with Crippen LogP contribution in [0.5, 0.6) is 11.5 Å². The molecule has 0 aromatic heterocycles. The first-order chi connectivity index (χ1) is 16.9. The molecular weight excluding hydrogens is 444 g/mol. The molecule has 1 fully saturated rings. The van der Waals surface area contributed by atoms with Crippen molar-refractivity contribution in [1.29, 1.82) is 0 Å². The molecule has 1 amide bonds. The predicted molar refractivity (Wildman–Crippen MR) is 134 cm³/mol. The van der Waals surface area contributed by atoms with Gasteiger partial charge in [-0.25, -0.2) is 0 Å². The van der Waals surface area contributed by atoms with Crippen LogP contribution in [0.4, 0.5) is 11.4 Å². The minimum atomic E-state index is -0.799. The number of aryl methyl sites for hydroxylation is 1. The van der Waals surface area contributed by atoms with Gasteiger partial charge in [0.2, 0.25) is 12.7 Å².